The minimum Gasteiger partial charge on any atom is -0.480 e. The Labute approximate surface area is 87.2 Å². The van der Waals surface area contributed by atoms with Gasteiger partial charge in [-0.3, -0.25) is 9.59 Å². The van der Waals surface area contributed by atoms with Gasteiger partial charge in [-0.15, -0.1) is 0 Å². The fraction of sp³-hybridized carbons (Fsp3) is 0.667. The van der Waals surface area contributed by atoms with Crippen LogP contribution in [-0.4, -0.2) is 46.9 Å². The highest BCUT2D eigenvalue weighted by molar-refractivity contribution is 5.92. The zero-order valence-corrected chi connectivity index (χ0v) is 8.69. The number of hydrogen-bond donors (Lipinski definition) is 2. The van der Waals surface area contributed by atoms with E-state index in [1.165, 1.54) is 14.0 Å². The van der Waals surface area contributed by atoms with Gasteiger partial charge in [0.2, 0.25) is 11.8 Å². The molecule has 0 saturated carbocycles. The standard InChI is InChI=1S/C9H14N2O4/c1-5(9(14)15)11(2)8(13)6-3-4-7(12)10-6/h5-6H,3-4H2,1-2H3,(H,10,12)(H,14,15)/t5-,6-/m0/s1. The van der Waals surface area contributed by atoms with Gasteiger partial charge in [0.05, 0.1) is 0 Å². The van der Waals surface area contributed by atoms with Gasteiger partial charge in [-0.25, -0.2) is 4.79 Å². The number of hydrogen-bond acceptors (Lipinski definition) is 3. The van der Waals surface area contributed by atoms with Crippen LogP contribution in [0.2, 0.25) is 0 Å². The maximum atomic E-state index is 11.7. The molecule has 2 N–H and O–H groups in total. The molecule has 0 radical (unpaired) electrons. The third-order valence-electron chi connectivity index (χ3n) is 2.58. The van der Waals surface area contributed by atoms with Gasteiger partial charge in [0.15, 0.2) is 0 Å². The number of carbonyl (C=O) groups excluding carboxylic acids is 2. The van der Waals surface area contributed by atoms with Gasteiger partial charge in [-0.1, -0.05) is 0 Å². The molecular formula is C9H14N2O4. The van der Waals surface area contributed by atoms with Crippen LogP contribution in [0.3, 0.4) is 0 Å². The molecule has 1 aliphatic heterocycles. The SMILES string of the molecule is C[C@@H](C(=O)O)N(C)C(=O)[C@@H]1CCC(=O)N1. The molecule has 84 valence electrons. The molecule has 1 saturated heterocycles. The first-order valence-corrected chi connectivity index (χ1v) is 4.72. The third kappa shape index (κ3) is 2.45. The Hall–Kier alpha value is -1.59. The Balaban J connectivity index is 2.60. The van der Waals surface area contributed by atoms with Crippen LogP contribution in [0.15, 0.2) is 0 Å². The lowest BCUT2D eigenvalue weighted by atomic mass is 10.2. The van der Waals surface area contributed by atoms with Crippen molar-refractivity contribution in [3.05, 3.63) is 0 Å². The van der Waals surface area contributed by atoms with E-state index in [-0.39, 0.29) is 11.8 Å². The van der Waals surface area contributed by atoms with Gasteiger partial charge in [0, 0.05) is 13.5 Å². The Morgan fingerprint density at radius 3 is 2.60 bits per heavy atom. The first kappa shape index (κ1) is 11.5. The predicted molar refractivity (Wildman–Crippen MR) is 51.0 cm³/mol. The summed E-state index contributed by atoms with van der Waals surface area (Å²) in [6, 6.07) is -1.45. The molecule has 6 nitrogen and oxygen atoms in total. The molecule has 1 rings (SSSR count). The van der Waals surface area contributed by atoms with Crippen LogP contribution in [0.5, 0.6) is 0 Å². The largest absolute Gasteiger partial charge is 0.480 e. The Bertz CT molecular complexity index is 302. The molecule has 0 unspecified atom stereocenters. The molecule has 1 fully saturated rings. The van der Waals surface area contributed by atoms with E-state index >= 15 is 0 Å². The van der Waals surface area contributed by atoms with Crippen LogP contribution < -0.4 is 5.32 Å². The smallest absolute Gasteiger partial charge is 0.326 e. The second kappa shape index (κ2) is 4.29. The van der Waals surface area contributed by atoms with Crippen molar-refractivity contribution in [3.63, 3.8) is 0 Å². The van der Waals surface area contributed by atoms with E-state index in [2.05, 4.69) is 5.32 Å². The Morgan fingerprint density at radius 2 is 2.20 bits per heavy atom. The van der Waals surface area contributed by atoms with Crippen molar-refractivity contribution in [2.24, 2.45) is 0 Å². The number of aliphatic carboxylic acids is 1. The lowest BCUT2D eigenvalue weighted by molar-refractivity contribution is -0.149. The molecule has 2 atom stereocenters. The van der Waals surface area contributed by atoms with Crippen molar-refractivity contribution in [3.8, 4) is 0 Å². The van der Waals surface area contributed by atoms with Crippen molar-refractivity contribution < 1.29 is 19.5 Å². The number of carboxylic acids is 1. The molecule has 0 aromatic rings. The van der Waals surface area contributed by atoms with E-state index in [0.29, 0.717) is 12.8 Å². The van der Waals surface area contributed by atoms with Crippen molar-refractivity contribution in [2.45, 2.75) is 31.8 Å². The quantitative estimate of drug-likeness (QED) is 0.643. The summed E-state index contributed by atoms with van der Waals surface area (Å²) in [6.45, 7) is 1.43. The fourth-order valence-corrected chi connectivity index (χ4v) is 1.40. The molecule has 0 aromatic heterocycles. The van der Waals surface area contributed by atoms with Crippen molar-refractivity contribution in [2.75, 3.05) is 7.05 Å². The highest BCUT2D eigenvalue weighted by Gasteiger charge is 2.32. The molecule has 0 spiro atoms. The zero-order valence-electron chi connectivity index (χ0n) is 8.69. The molecule has 0 aromatic carbocycles. The average Bonchev–Trinajstić information content (AvgIpc) is 2.61. The maximum Gasteiger partial charge on any atom is 0.326 e. The van der Waals surface area contributed by atoms with Gasteiger partial charge in [0.25, 0.3) is 0 Å². The lowest BCUT2D eigenvalue weighted by Crippen LogP contribution is -2.48. The maximum absolute atomic E-state index is 11.7. The second-order valence-corrected chi connectivity index (χ2v) is 3.62. The van der Waals surface area contributed by atoms with Gasteiger partial charge >= 0.3 is 5.97 Å². The number of carbonyl (C=O) groups is 3. The summed E-state index contributed by atoms with van der Waals surface area (Å²) < 4.78 is 0. The Morgan fingerprint density at radius 1 is 1.60 bits per heavy atom. The summed E-state index contributed by atoms with van der Waals surface area (Å²) >= 11 is 0. The monoisotopic (exact) mass is 214 g/mol. The molecule has 15 heavy (non-hydrogen) atoms. The van der Waals surface area contributed by atoms with Crippen molar-refractivity contribution >= 4 is 17.8 Å². The van der Waals surface area contributed by atoms with Crippen LogP contribution in [0, 0.1) is 0 Å². The van der Waals surface area contributed by atoms with E-state index < -0.39 is 18.1 Å². The normalized spacial score (nSPS) is 22.0. The molecular weight excluding hydrogens is 200 g/mol. The molecule has 1 heterocycles. The van der Waals surface area contributed by atoms with E-state index in [1.54, 1.807) is 0 Å². The number of nitrogens with one attached hydrogen (secondary N) is 1. The van der Waals surface area contributed by atoms with Crippen LogP contribution >= 0.6 is 0 Å². The van der Waals surface area contributed by atoms with Crippen LogP contribution in [-0.2, 0) is 14.4 Å². The predicted octanol–water partition coefficient (Wildman–Crippen LogP) is -0.803. The minimum atomic E-state index is -1.06. The summed E-state index contributed by atoms with van der Waals surface area (Å²) in [6.07, 6.45) is 0.764. The molecule has 0 aliphatic carbocycles. The summed E-state index contributed by atoms with van der Waals surface area (Å²) in [4.78, 5) is 34.4. The number of nitrogens with zero attached hydrogens (tertiary/aromatic N) is 1. The van der Waals surface area contributed by atoms with E-state index in [4.69, 9.17) is 5.11 Å². The molecule has 2 amide bonds. The van der Waals surface area contributed by atoms with Crippen molar-refractivity contribution in [1.82, 2.24) is 10.2 Å². The third-order valence-corrected chi connectivity index (χ3v) is 2.58. The topological polar surface area (TPSA) is 86.7 Å². The molecule has 0 bridgehead atoms. The van der Waals surface area contributed by atoms with Crippen LogP contribution in [0.4, 0.5) is 0 Å². The first-order chi connectivity index (χ1) is 6.93. The summed E-state index contributed by atoms with van der Waals surface area (Å²) in [7, 11) is 1.42. The fourth-order valence-electron chi connectivity index (χ4n) is 1.40. The highest BCUT2D eigenvalue weighted by atomic mass is 16.4. The molecule has 6 heteroatoms. The summed E-state index contributed by atoms with van der Waals surface area (Å²) in [5.41, 5.74) is 0. The van der Waals surface area contributed by atoms with Gasteiger partial charge in [0.1, 0.15) is 12.1 Å². The number of rotatable bonds is 3. The van der Waals surface area contributed by atoms with Crippen LogP contribution in [0.25, 0.3) is 0 Å². The van der Waals surface area contributed by atoms with Crippen LogP contribution in [0.1, 0.15) is 19.8 Å². The van der Waals surface area contributed by atoms with Gasteiger partial charge in [-0.2, -0.15) is 0 Å². The summed E-state index contributed by atoms with van der Waals surface area (Å²) in [5.74, 6) is -1.57. The first-order valence-electron chi connectivity index (χ1n) is 4.72. The van der Waals surface area contributed by atoms with Gasteiger partial charge < -0.3 is 15.3 Å². The highest BCUT2D eigenvalue weighted by Crippen LogP contribution is 2.10. The van der Waals surface area contributed by atoms with E-state index in [9.17, 15) is 14.4 Å². The number of carboxylic acid groups (broad SMARTS) is 1. The second-order valence-electron chi connectivity index (χ2n) is 3.62. The van der Waals surface area contributed by atoms with Crippen molar-refractivity contribution in [1.29, 1.82) is 0 Å². The minimum absolute atomic E-state index is 0.162. The van der Waals surface area contributed by atoms with Gasteiger partial charge in [-0.05, 0) is 13.3 Å². The Kier molecular flexibility index (Phi) is 3.28. The summed E-state index contributed by atoms with van der Waals surface area (Å²) in [5, 5.41) is 11.2. The zero-order chi connectivity index (χ0) is 11.6. The number of amides is 2. The van der Waals surface area contributed by atoms with E-state index in [1.807, 2.05) is 0 Å². The lowest BCUT2D eigenvalue weighted by Gasteiger charge is -2.24. The molecule has 1 aliphatic rings. The average molecular weight is 214 g/mol. The van der Waals surface area contributed by atoms with E-state index in [0.717, 1.165) is 4.90 Å². The number of likely N-dealkylation sites (N-methyl/N-ethyl adjacent to an activating group) is 1.